The minimum atomic E-state index is 0.808. The van der Waals surface area contributed by atoms with E-state index < -0.39 is 0 Å². The monoisotopic (exact) mass is 180 g/mol. The Morgan fingerprint density at radius 3 is 2.85 bits per heavy atom. The van der Waals surface area contributed by atoms with Crippen LogP contribution in [0.15, 0.2) is 12.2 Å². The lowest BCUT2D eigenvalue weighted by Crippen LogP contribution is -2.05. The van der Waals surface area contributed by atoms with E-state index in [1.807, 2.05) is 0 Å². The molecule has 0 radical (unpaired) electrons. The van der Waals surface area contributed by atoms with Crippen LogP contribution in [0.5, 0.6) is 0 Å². The van der Waals surface area contributed by atoms with Gasteiger partial charge in [0.2, 0.25) is 0 Å². The first-order valence-electron chi connectivity index (χ1n) is 5.99. The van der Waals surface area contributed by atoms with Gasteiger partial charge in [-0.2, -0.15) is 0 Å². The summed E-state index contributed by atoms with van der Waals surface area (Å²) in [5.41, 5.74) is 0. The van der Waals surface area contributed by atoms with Crippen molar-refractivity contribution in [2.45, 2.75) is 58.8 Å². The van der Waals surface area contributed by atoms with Crippen LogP contribution in [-0.4, -0.2) is 0 Å². The molecule has 0 spiro atoms. The Balaban J connectivity index is 2.41. The van der Waals surface area contributed by atoms with Gasteiger partial charge in [0.05, 0.1) is 0 Å². The zero-order chi connectivity index (χ0) is 9.52. The molecule has 0 heteroatoms. The maximum Gasteiger partial charge on any atom is -0.0259 e. The minimum absolute atomic E-state index is 0.808. The average Bonchev–Trinajstić information content (AvgIpc) is 2.15. The zero-order valence-corrected chi connectivity index (χ0v) is 9.26. The zero-order valence-electron chi connectivity index (χ0n) is 9.26. The second-order valence-electron chi connectivity index (χ2n) is 4.55. The molecule has 0 heterocycles. The second kappa shape index (κ2) is 6.23. The summed E-state index contributed by atoms with van der Waals surface area (Å²) in [5.74, 6) is 1.79. The van der Waals surface area contributed by atoms with Crippen LogP contribution in [0.3, 0.4) is 0 Å². The van der Waals surface area contributed by atoms with Crippen LogP contribution in [-0.2, 0) is 0 Å². The highest BCUT2D eigenvalue weighted by Gasteiger charge is 2.10. The molecule has 0 saturated carbocycles. The third kappa shape index (κ3) is 4.50. The molecule has 1 rings (SSSR count). The Morgan fingerprint density at radius 1 is 1.23 bits per heavy atom. The highest BCUT2D eigenvalue weighted by atomic mass is 14.2. The van der Waals surface area contributed by atoms with Crippen molar-refractivity contribution in [3.63, 3.8) is 0 Å². The minimum Gasteiger partial charge on any atom is -0.0883 e. The van der Waals surface area contributed by atoms with Crippen LogP contribution in [0.2, 0.25) is 0 Å². The SMILES string of the molecule is CCC1CCCCC/C=C\C(C)C1. The highest BCUT2D eigenvalue weighted by Crippen LogP contribution is 2.24. The normalized spacial score (nSPS) is 34.0. The molecule has 0 nitrogen and oxygen atoms in total. The van der Waals surface area contributed by atoms with Crippen LogP contribution < -0.4 is 0 Å². The molecule has 0 N–H and O–H groups in total. The summed E-state index contributed by atoms with van der Waals surface area (Å²) in [5, 5.41) is 0. The van der Waals surface area contributed by atoms with Crippen molar-refractivity contribution in [1.82, 2.24) is 0 Å². The van der Waals surface area contributed by atoms with E-state index in [1.54, 1.807) is 0 Å². The van der Waals surface area contributed by atoms with Gasteiger partial charge in [0.15, 0.2) is 0 Å². The van der Waals surface area contributed by atoms with Crippen molar-refractivity contribution >= 4 is 0 Å². The van der Waals surface area contributed by atoms with E-state index in [1.165, 1.54) is 44.9 Å². The number of rotatable bonds is 1. The van der Waals surface area contributed by atoms with E-state index >= 15 is 0 Å². The molecule has 0 aliphatic heterocycles. The van der Waals surface area contributed by atoms with E-state index in [0.29, 0.717) is 0 Å². The van der Waals surface area contributed by atoms with Gasteiger partial charge in [-0.25, -0.2) is 0 Å². The van der Waals surface area contributed by atoms with E-state index in [-0.39, 0.29) is 0 Å². The van der Waals surface area contributed by atoms with Crippen molar-refractivity contribution in [2.24, 2.45) is 11.8 Å². The summed E-state index contributed by atoms with van der Waals surface area (Å²) < 4.78 is 0. The predicted octanol–water partition coefficient (Wildman–Crippen LogP) is 4.56. The lowest BCUT2D eigenvalue weighted by atomic mass is 9.88. The maximum atomic E-state index is 2.42. The van der Waals surface area contributed by atoms with Crippen LogP contribution in [0.1, 0.15) is 58.8 Å². The van der Waals surface area contributed by atoms with Gasteiger partial charge in [-0.05, 0) is 31.1 Å². The van der Waals surface area contributed by atoms with Gasteiger partial charge >= 0.3 is 0 Å². The predicted molar refractivity (Wildman–Crippen MR) is 59.8 cm³/mol. The number of hydrogen-bond donors (Lipinski definition) is 0. The van der Waals surface area contributed by atoms with Gasteiger partial charge in [-0.15, -0.1) is 0 Å². The van der Waals surface area contributed by atoms with E-state index in [4.69, 9.17) is 0 Å². The third-order valence-electron chi connectivity index (χ3n) is 3.23. The molecule has 0 amide bonds. The van der Waals surface area contributed by atoms with Gasteiger partial charge in [0.1, 0.15) is 0 Å². The molecule has 2 atom stereocenters. The van der Waals surface area contributed by atoms with Gasteiger partial charge < -0.3 is 0 Å². The topological polar surface area (TPSA) is 0 Å². The summed E-state index contributed by atoms with van der Waals surface area (Å²) >= 11 is 0. The van der Waals surface area contributed by atoms with Gasteiger partial charge in [-0.1, -0.05) is 51.7 Å². The molecule has 13 heavy (non-hydrogen) atoms. The number of allylic oxidation sites excluding steroid dienone is 2. The number of hydrogen-bond acceptors (Lipinski definition) is 0. The largest absolute Gasteiger partial charge is 0.0883 e. The van der Waals surface area contributed by atoms with Gasteiger partial charge in [-0.3, -0.25) is 0 Å². The van der Waals surface area contributed by atoms with Crippen molar-refractivity contribution in [1.29, 1.82) is 0 Å². The smallest absolute Gasteiger partial charge is 0.0259 e. The van der Waals surface area contributed by atoms with Crippen LogP contribution in [0.4, 0.5) is 0 Å². The maximum absolute atomic E-state index is 2.42. The first kappa shape index (κ1) is 10.8. The molecule has 1 aliphatic rings. The van der Waals surface area contributed by atoms with Crippen LogP contribution >= 0.6 is 0 Å². The molecule has 0 saturated heterocycles. The average molecular weight is 180 g/mol. The third-order valence-corrected chi connectivity index (χ3v) is 3.23. The Bertz CT molecular complexity index is 146. The van der Waals surface area contributed by atoms with E-state index in [0.717, 1.165) is 11.8 Å². The Hall–Kier alpha value is -0.260. The highest BCUT2D eigenvalue weighted by molar-refractivity contribution is 4.87. The van der Waals surface area contributed by atoms with Gasteiger partial charge in [0, 0.05) is 0 Å². The van der Waals surface area contributed by atoms with Crippen molar-refractivity contribution in [3.05, 3.63) is 12.2 Å². The Morgan fingerprint density at radius 2 is 2.08 bits per heavy atom. The summed E-state index contributed by atoms with van der Waals surface area (Å²) in [6, 6.07) is 0. The molecule has 0 aromatic rings. The summed E-state index contributed by atoms with van der Waals surface area (Å²) in [6.45, 7) is 4.70. The van der Waals surface area contributed by atoms with Crippen LogP contribution in [0.25, 0.3) is 0 Å². The molecule has 0 aromatic carbocycles. The summed E-state index contributed by atoms with van der Waals surface area (Å²) in [4.78, 5) is 0. The summed E-state index contributed by atoms with van der Waals surface area (Å²) in [7, 11) is 0. The molecule has 0 aromatic heterocycles. The molecular weight excluding hydrogens is 156 g/mol. The fourth-order valence-corrected chi connectivity index (χ4v) is 2.29. The fourth-order valence-electron chi connectivity index (χ4n) is 2.29. The standard InChI is InChI=1S/C13H24/c1-3-13-10-8-6-4-5-7-9-12(2)11-13/h7,9,12-13H,3-6,8,10-11H2,1-2H3/b9-7-. The van der Waals surface area contributed by atoms with E-state index in [2.05, 4.69) is 26.0 Å². The summed E-state index contributed by atoms with van der Waals surface area (Å²) in [6.07, 6.45) is 14.7. The quantitative estimate of drug-likeness (QED) is 0.519. The van der Waals surface area contributed by atoms with Crippen LogP contribution in [0, 0.1) is 11.8 Å². The lowest BCUT2D eigenvalue weighted by Gasteiger charge is -2.18. The molecule has 2 unspecified atom stereocenters. The first-order chi connectivity index (χ1) is 6.33. The van der Waals surface area contributed by atoms with Crippen molar-refractivity contribution in [3.8, 4) is 0 Å². The fraction of sp³-hybridized carbons (Fsp3) is 0.846. The molecule has 1 aliphatic carbocycles. The molecule has 0 bridgehead atoms. The Kier molecular flexibility index (Phi) is 5.19. The lowest BCUT2D eigenvalue weighted by molar-refractivity contribution is 0.375. The van der Waals surface area contributed by atoms with E-state index in [9.17, 15) is 0 Å². The molecular formula is C13H24. The van der Waals surface area contributed by atoms with Crippen molar-refractivity contribution < 1.29 is 0 Å². The molecule has 0 fully saturated rings. The van der Waals surface area contributed by atoms with Gasteiger partial charge in [0.25, 0.3) is 0 Å². The van der Waals surface area contributed by atoms with Crippen molar-refractivity contribution in [2.75, 3.05) is 0 Å². The Labute approximate surface area is 83.4 Å². The second-order valence-corrected chi connectivity index (χ2v) is 4.55. The first-order valence-corrected chi connectivity index (χ1v) is 5.99. The molecule has 76 valence electrons.